The van der Waals surface area contributed by atoms with Gasteiger partial charge in [-0.05, 0) is 12.8 Å². The standard InChI is InChI=1S/C11H18N4O2S/c1-2-10-14-9(12)6-11(15-10)13-8-4-3-5-18(16,17)7-8/h6,8H,2-5,7H2,1H3,(H3,12,13,14,15). The Morgan fingerprint density at radius 2 is 2.28 bits per heavy atom. The summed E-state index contributed by atoms with van der Waals surface area (Å²) >= 11 is 0. The minimum absolute atomic E-state index is 0.0808. The van der Waals surface area contributed by atoms with Crippen LogP contribution >= 0.6 is 0 Å². The van der Waals surface area contributed by atoms with Crippen LogP contribution in [-0.4, -0.2) is 35.9 Å². The summed E-state index contributed by atoms with van der Waals surface area (Å²) in [6, 6.07) is 1.56. The molecule has 0 radical (unpaired) electrons. The van der Waals surface area contributed by atoms with Gasteiger partial charge in [0.1, 0.15) is 17.5 Å². The summed E-state index contributed by atoms with van der Waals surface area (Å²) in [6.45, 7) is 1.95. The summed E-state index contributed by atoms with van der Waals surface area (Å²) in [5.41, 5.74) is 5.68. The number of hydrogen-bond donors (Lipinski definition) is 2. The molecule has 100 valence electrons. The van der Waals surface area contributed by atoms with E-state index in [9.17, 15) is 8.42 Å². The lowest BCUT2D eigenvalue weighted by atomic mass is 10.2. The fourth-order valence-corrected chi connectivity index (χ4v) is 3.73. The van der Waals surface area contributed by atoms with Gasteiger partial charge in [-0.15, -0.1) is 0 Å². The molecule has 1 unspecified atom stereocenters. The van der Waals surface area contributed by atoms with Gasteiger partial charge < -0.3 is 11.1 Å². The Bertz CT molecular complexity index is 530. The molecule has 1 aromatic rings. The number of aryl methyl sites for hydroxylation is 1. The molecular formula is C11H18N4O2S. The number of anilines is 2. The summed E-state index contributed by atoms with van der Waals surface area (Å²) in [5, 5.41) is 3.14. The molecule has 2 rings (SSSR count). The molecular weight excluding hydrogens is 252 g/mol. The second kappa shape index (κ2) is 5.09. The van der Waals surface area contributed by atoms with Crippen LogP contribution in [-0.2, 0) is 16.3 Å². The summed E-state index contributed by atoms with van der Waals surface area (Å²) in [5.74, 6) is 2.14. The van der Waals surface area contributed by atoms with E-state index in [1.54, 1.807) is 6.07 Å². The van der Waals surface area contributed by atoms with Crippen molar-refractivity contribution < 1.29 is 8.42 Å². The Labute approximate surface area is 107 Å². The lowest BCUT2D eigenvalue weighted by Crippen LogP contribution is -2.35. The molecule has 0 saturated carbocycles. The fourth-order valence-electron chi connectivity index (χ4n) is 2.10. The lowest BCUT2D eigenvalue weighted by molar-refractivity contribution is 0.561. The van der Waals surface area contributed by atoms with E-state index in [1.165, 1.54) is 0 Å². The third kappa shape index (κ3) is 3.32. The van der Waals surface area contributed by atoms with Gasteiger partial charge in [-0.1, -0.05) is 6.92 Å². The molecule has 3 N–H and O–H groups in total. The van der Waals surface area contributed by atoms with E-state index < -0.39 is 9.84 Å². The second-order valence-electron chi connectivity index (χ2n) is 4.55. The molecule has 1 fully saturated rings. The monoisotopic (exact) mass is 270 g/mol. The lowest BCUT2D eigenvalue weighted by Gasteiger charge is -2.23. The van der Waals surface area contributed by atoms with Gasteiger partial charge in [0.25, 0.3) is 0 Å². The number of aromatic nitrogens is 2. The number of sulfone groups is 1. The zero-order valence-corrected chi connectivity index (χ0v) is 11.2. The molecule has 6 nitrogen and oxygen atoms in total. The first kappa shape index (κ1) is 13.1. The summed E-state index contributed by atoms with van der Waals surface area (Å²) in [7, 11) is -2.91. The number of nitrogens with two attached hydrogens (primary N) is 1. The van der Waals surface area contributed by atoms with Gasteiger partial charge in [-0.3, -0.25) is 0 Å². The number of nitrogens with one attached hydrogen (secondary N) is 1. The minimum atomic E-state index is -2.91. The number of hydrogen-bond acceptors (Lipinski definition) is 6. The first-order chi connectivity index (χ1) is 8.48. The topological polar surface area (TPSA) is 98.0 Å². The molecule has 2 heterocycles. The quantitative estimate of drug-likeness (QED) is 0.835. The average molecular weight is 270 g/mol. The van der Waals surface area contributed by atoms with Crippen molar-refractivity contribution in [2.45, 2.75) is 32.2 Å². The SMILES string of the molecule is CCc1nc(N)cc(NC2CCCS(=O)(=O)C2)n1. The van der Waals surface area contributed by atoms with Crippen LogP contribution in [0.15, 0.2) is 6.07 Å². The first-order valence-electron chi connectivity index (χ1n) is 6.09. The van der Waals surface area contributed by atoms with Crippen molar-refractivity contribution in [1.29, 1.82) is 0 Å². The number of nitrogen functional groups attached to an aromatic ring is 1. The Balaban J connectivity index is 2.11. The maximum atomic E-state index is 11.5. The zero-order valence-electron chi connectivity index (χ0n) is 10.4. The first-order valence-corrected chi connectivity index (χ1v) is 7.91. The molecule has 0 aliphatic carbocycles. The van der Waals surface area contributed by atoms with Crippen LogP contribution in [0.1, 0.15) is 25.6 Å². The Kier molecular flexibility index (Phi) is 3.70. The number of rotatable bonds is 3. The van der Waals surface area contributed by atoms with Crippen molar-refractivity contribution in [3.8, 4) is 0 Å². The highest BCUT2D eigenvalue weighted by molar-refractivity contribution is 7.91. The maximum Gasteiger partial charge on any atom is 0.152 e. The highest BCUT2D eigenvalue weighted by Crippen LogP contribution is 2.17. The van der Waals surface area contributed by atoms with Crippen LogP contribution in [0.3, 0.4) is 0 Å². The Morgan fingerprint density at radius 3 is 2.94 bits per heavy atom. The molecule has 1 atom stereocenters. The van der Waals surface area contributed by atoms with Crippen LogP contribution in [0, 0.1) is 0 Å². The molecule has 0 aromatic carbocycles. The third-order valence-electron chi connectivity index (χ3n) is 2.92. The second-order valence-corrected chi connectivity index (χ2v) is 6.77. The maximum absolute atomic E-state index is 11.5. The van der Waals surface area contributed by atoms with Crippen molar-refractivity contribution in [3.63, 3.8) is 0 Å². The van der Waals surface area contributed by atoms with Crippen LogP contribution in [0.2, 0.25) is 0 Å². The van der Waals surface area contributed by atoms with Crippen LogP contribution in [0.25, 0.3) is 0 Å². The summed E-state index contributed by atoms with van der Waals surface area (Å²) < 4.78 is 23.1. The zero-order chi connectivity index (χ0) is 13.2. The van der Waals surface area contributed by atoms with Crippen molar-refractivity contribution in [2.24, 2.45) is 0 Å². The van der Waals surface area contributed by atoms with Gasteiger partial charge in [0.05, 0.1) is 11.5 Å². The molecule has 0 amide bonds. The summed E-state index contributed by atoms with van der Waals surface area (Å²) in [4.78, 5) is 8.38. The Hall–Kier alpha value is -1.37. The van der Waals surface area contributed by atoms with Crippen LogP contribution in [0.4, 0.5) is 11.6 Å². The van der Waals surface area contributed by atoms with Gasteiger partial charge in [-0.2, -0.15) is 0 Å². The average Bonchev–Trinajstić information content (AvgIpc) is 2.26. The Morgan fingerprint density at radius 1 is 1.50 bits per heavy atom. The van der Waals surface area contributed by atoms with E-state index in [0.717, 1.165) is 6.42 Å². The molecule has 1 aliphatic rings. The predicted molar refractivity (Wildman–Crippen MR) is 71.1 cm³/mol. The van der Waals surface area contributed by atoms with E-state index >= 15 is 0 Å². The molecule has 1 saturated heterocycles. The van der Waals surface area contributed by atoms with E-state index in [2.05, 4.69) is 15.3 Å². The predicted octanol–water partition coefficient (Wildman–Crippen LogP) is 0.610. The molecule has 1 aromatic heterocycles. The third-order valence-corrected chi connectivity index (χ3v) is 4.74. The highest BCUT2D eigenvalue weighted by atomic mass is 32.2. The fraction of sp³-hybridized carbons (Fsp3) is 0.636. The molecule has 1 aliphatic heterocycles. The van der Waals surface area contributed by atoms with Gasteiger partial charge in [0.15, 0.2) is 9.84 Å². The van der Waals surface area contributed by atoms with Crippen molar-refractivity contribution >= 4 is 21.5 Å². The van der Waals surface area contributed by atoms with Crippen molar-refractivity contribution in [3.05, 3.63) is 11.9 Å². The largest absolute Gasteiger partial charge is 0.384 e. The smallest absolute Gasteiger partial charge is 0.152 e. The van der Waals surface area contributed by atoms with Gasteiger partial charge in [-0.25, -0.2) is 18.4 Å². The van der Waals surface area contributed by atoms with Gasteiger partial charge >= 0.3 is 0 Å². The van der Waals surface area contributed by atoms with E-state index in [1.807, 2.05) is 6.92 Å². The van der Waals surface area contributed by atoms with Crippen LogP contribution < -0.4 is 11.1 Å². The van der Waals surface area contributed by atoms with E-state index in [0.29, 0.717) is 30.3 Å². The molecule has 0 bridgehead atoms. The normalized spacial score (nSPS) is 22.6. The molecule has 18 heavy (non-hydrogen) atoms. The molecule has 0 spiro atoms. The number of nitrogens with zero attached hydrogens (tertiary/aromatic N) is 2. The van der Waals surface area contributed by atoms with E-state index in [4.69, 9.17) is 5.73 Å². The molecule has 7 heteroatoms. The van der Waals surface area contributed by atoms with Crippen LogP contribution in [0.5, 0.6) is 0 Å². The van der Waals surface area contributed by atoms with Crippen molar-refractivity contribution in [1.82, 2.24) is 9.97 Å². The summed E-state index contributed by atoms with van der Waals surface area (Å²) in [6.07, 6.45) is 2.23. The van der Waals surface area contributed by atoms with E-state index in [-0.39, 0.29) is 17.5 Å². The van der Waals surface area contributed by atoms with Crippen molar-refractivity contribution in [2.75, 3.05) is 22.6 Å². The highest BCUT2D eigenvalue weighted by Gasteiger charge is 2.24. The van der Waals surface area contributed by atoms with Gasteiger partial charge in [0.2, 0.25) is 0 Å². The minimum Gasteiger partial charge on any atom is -0.384 e. The van der Waals surface area contributed by atoms with Gasteiger partial charge in [0, 0.05) is 18.5 Å².